The van der Waals surface area contributed by atoms with Gasteiger partial charge in [-0.05, 0) is 49.1 Å². The molecule has 0 saturated carbocycles. The Balaban J connectivity index is 1.96. The Hall–Kier alpha value is -1.94. The molecule has 2 aromatic rings. The lowest BCUT2D eigenvalue weighted by Crippen LogP contribution is -2.15. The highest BCUT2D eigenvalue weighted by Crippen LogP contribution is 2.33. The molecule has 2 atom stereocenters. The van der Waals surface area contributed by atoms with E-state index in [0.29, 0.717) is 6.61 Å². The number of rotatable bonds is 3. The summed E-state index contributed by atoms with van der Waals surface area (Å²) in [5.41, 5.74) is 3.04. The molecule has 3 nitrogen and oxygen atoms in total. The van der Waals surface area contributed by atoms with Crippen LogP contribution in [-0.2, 0) is 26.8 Å². The van der Waals surface area contributed by atoms with Gasteiger partial charge in [-0.1, -0.05) is 30.3 Å². The highest BCUT2D eigenvalue weighted by Gasteiger charge is 2.24. The van der Waals surface area contributed by atoms with Crippen LogP contribution in [0.25, 0.3) is 0 Å². The summed E-state index contributed by atoms with van der Waals surface area (Å²) < 4.78 is 17.7. The van der Waals surface area contributed by atoms with Gasteiger partial charge in [0.2, 0.25) is 0 Å². The second kappa shape index (κ2) is 6.05. The molecule has 0 saturated heterocycles. The van der Waals surface area contributed by atoms with Crippen LogP contribution in [0.4, 0.5) is 0 Å². The Labute approximate surface area is 132 Å². The molecule has 1 aliphatic rings. The standard InChI is InChI=1S/C18H18O3S/c1-3-21-18(19)12(2)13-8-9-17-15(10-13)11-14-6-4-5-7-16(14)22(17)20/h4-10,12H,3,11H2,1-2H3. The summed E-state index contributed by atoms with van der Waals surface area (Å²) in [6.07, 6.45) is 0.751. The van der Waals surface area contributed by atoms with Crippen molar-refractivity contribution in [3.05, 3.63) is 59.2 Å². The van der Waals surface area contributed by atoms with Gasteiger partial charge in [0.15, 0.2) is 0 Å². The van der Waals surface area contributed by atoms with E-state index >= 15 is 0 Å². The molecule has 22 heavy (non-hydrogen) atoms. The highest BCUT2D eigenvalue weighted by molar-refractivity contribution is 7.85. The van der Waals surface area contributed by atoms with Gasteiger partial charge in [0, 0.05) is 9.79 Å². The molecule has 0 aromatic heterocycles. The second-order valence-corrected chi connectivity index (χ2v) is 6.81. The van der Waals surface area contributed by atoms with Gasteiger partial charge in [0.25, 0.3) is 0 Å². The fourth-order valence-electron chi connectivity index (χ4n) is 2.75. The summed E-state index contributed by atoms with van der Waals surface area (Å²) in [6.45, 7) is 4.02. The van der Waals surface area contributed by atoms with Crippen LogP contribution < -0.4 is 0 Å². The topological polar surface area (TPSA) is 43.4 Å². The molecule has 0 radical (unpaired) electrons. The number of fused-ring (bicyclic) bond motifs is 2. The molecular formula is C18H18O3S. The molecule has 2 aromatic carbocycles. The minimum atomic E-state index is -1.14. The second-order valence-electron chi connectivity index (χ2n) is 5.39. The monoisotopic (exact) mass is 314 g/mol. The third-order valence-electron chi connectivity index (χ3n) is 3.98. The Morgan fingerprint density at radius 1 is 1.18 bits per heavy atom. The van der Waals surface area contributed by atoms with Crippen molar-refractivity contribution in [3.63, 3.8) is 0 Å². The molecule has 0 spiro atoms. The van der Waals surface area contributed by atoms with Crippen LogP contribution in [-0.4, -0.2) is 16.8 Å². The van der Waals surface area contributed by atoms with Crippen LogP contribution in [0.1, 0.15) is 36.5 Å². The largest absolute Gasteiger partial charge is 0.466 e. The molecule has 0 aliphatic carbocycles. The lowest BCUT2D eigenvalue weighted by molar-refractivity contribution is -0.144. The molecule has 1 heterocycles. The molecule has 3 rings (SSSR count). The van der Waals surface area contributed by atoms with Crippen molar-refractivity contribution >= 4 is 16.8 Å². The van der Waals surface area contributed by atoms with Crippen molar-refractivity contribution in [2.24, 2.45) is 0 Å². The van der Waals surface area contributed by atoms with Gasteiger partial charge in [-0.15, -0.1) is 0 Å². The van der Waals surface area contributed by atoms with Crippen molar-refractivity contribution in [2.75, 3.05) is 6.61 Å². The van der Waals surface area contributed by atoms with Gasteiger partial charge in [-0.25, -0.2) is 4.21 Å². The number of esters is 1. The van der Waals surface area contributed by atoms with Gasteiger partial charge in [0.05, 0.1) is 23.3 Å². The van der Waals surface area contributed by atoms with Gasteiger partial charge >= 0.3 is 5.97 Å². The van der Waals surface area contributed by atoms with Crippen molar-refractivity contribution < 1.29 is 13.7 Å². The fourth-order valence-corrected chi connectivity index (χ4v) is 4.12. The van der Waals surface area contributed by atoms with Crippen molar-refractivity contribution in [3.8, 4) is 0 Å². The summed E-state index contributed by atoms with van der Waals surface area (Å²) in [4.78, 5) is 13.6. The normalized spacial score (nSPS) is 17.3. The Kier molecular flexibility index (Phi) is 4.12. The predicted molar refractivity (Wildman–Crippen MR) is 85.4 cm³/mol. The number of carbonyl (C=O) groups is 1. The van der Waals surface area contributed by atoms with Gasteiger partial charge in [0.1, 0.15) is 0 Å². The van der Waals surface area contributed by atoms with Gasteiger partial charge in [-0.2, -0.15) is 0 Å². The van der Waals surface area contributed by atoms with E-state index in [4.69, 9.17) is 4.74 Å². The Morgan fingerprint density at radius 2 is 1.91 bits per heavy atom. The van der Waals surface area contributed by atoms with Crippen molar-refractivity contribution in [2.45, 2.75) is 36.0 Å². The first-order valence-electron chi connectivity index (χ1n) is 7.41. The first-order chi connectivity index (χ1) is 10.6. The van der Waals surface area contributed by atoms with E-state index in [9.17, 15) is 9.00 Å². The zero-order chi connectivity index (χ0) is 15.7. The number of hydrogen-bond acceptors (Lipinski definition) is 3. The number of hydrogen-bond donors (Lipinski definition) is 0. The average Bonchev–Trinajstić information content (AvgIpc) is 2.54. The summed E-state index contributed by atoms with van der Waals surface area (Å²) in [6, 6.07) is 13.6. The number of benzene rings is 2. The molecule has 0 bridgehead atoms. The molecular weight excluding hydrogens is 296 g/mol. The molecule has 0 amide bonds. The predicted octanol–water partition coefficient (Wildman–Crippen LogP) is 3.42. The molecule has 4 heteroatoms. The highest BCUT2D eigenvalue weighted by atomic mass is 32.2. The van der Waals surface area contributed by atoms with E-state index in [1.807, 2.05) is 49.4 Å². The molecule has 114 valence electrons. The Morgan fingerprint density at radius 3 is 2.68 bits per heavy atom. The van der Waals surface area contributed by atoms with Crippen LogP contribution in [0, 0.1) is 0 Å². The molecule has 1 aliphatic heterocycles. The van der Waals surface area contributed by atoms with E-state index in [1.165, 1.54) is 0 Å². The van der Waals surface area contributed by atoms with Crippen LogP contribution >= 0.6 is 0 Å². The van der Waals surface area contributed by atoms with Crippen LogP contribution in [0.3, 0.4) is 0 Å². The minimum Gasteiger partial charge on any atom is -0.466 e. The minimum absolute atomic E-state index is 0.222. The van der Waals surface area contributed by atoms with Crippen LogP contribution in [0.2, 0.25) is 0 Å². The zero-order valence-electron chi connectivity index (χ0n) is 12.7. The van der Waals surface area contributed by atoms with Crippen molar-refractivity contribution in [1.82, 2.24) is 0 Å². The first kappa shape index (κ1) is 15.0. The average molecular weight is 314 g/mol. The smallest absolute Gasteiger partial charge is 0.313 e. The maximum atomic E-state index is 12.6. The van der Waals surface area contributed by atoms with E-state index < -0.39 is 10.8 Å². The number of carbonyl (C=O) groups excluding carboxylic acids is 1. The molecule has 2 unspecified atom stereocenters. The van der Waals surface area contributed by atoms with E-state index in [-0.39, 0.29) is 11.9 Å². The van der Waals surface area contributed by atoms with Gasteiger partial charge in [-0.3, -0.25) is 4.79 Å². The quantitative estimate of drug-likeness (QED) is 0.696. The maximum Gasteiger partial charge on any atom is 0.313 e. The maximum absolute atomic E-state index is 12.6. The third-order valence-corrected chi connectivity index (χ3v) is 5.57. The molecule has 0 N–H and O–H groups in total. The molecule has 0 fully saturated rings. The first-order valence-corrected chi connectivity index (χ1v) is 8.56. The SMILES string of the molecule is CCOC(=O)C(C)c1ccc2c(c1)Cc1ccccc1S2=O. The summed E-state index contributed by atoms with van der Waals surface area (Å²) >= 11 is 0. The third kappa shape index (κ3) is 2.59. The Bertz CT molecular complexity index is 752. The lowest BCUT2D eigenvalue weighted by Gasteiger charge is -2.20. The van der Waals surface area contributed by atoms with E-state index in [1.54, 1.807) is 6.92 Å². The zero-order valence-corrected chi connectivity index (χ0v) is 13.5. The fraction of sp³-hybridized carbons (Fsp3) is 0.278. The lowest BCUT2D eigenvalue weighted by atomic mass is 9.96. The van der Waals surface area contributed by atoms with Gasteiger partial charge < -0.3 is 4.74 Å². The van der Waals surface area contributed by atoms with E-state index in [2.05, 4.69) is 0 Å². The summed E-state index contributed by atoms with van der Waals surface area (Å²) in [5.74, 6) is -0.532. The summed E-state index contributed by atoms with van der Waals surface area (Å²) in [5, 5.41) is 0. The van der Waals surface area contributed by atoms with Crippen LogP contribution in [0.5, 0.6) is 0 Å². The van der Waals surface area contributed by atoms with E-state index in [0.717, 1.165) is 32.9 Å². The van der Waals surface area contributed by atoms with Crippen molar-refractivity contribution in [1.29, 1.82) is 0 Å². The van der Waals surface area contributed by atoms with Crippen LogP contribution in [0.15, 0.2) is 52.3 Å². The summed E-state index contributed by atoms with van der Waals surface area (Å²) in [7, 11) is -1.14. The number of ether oxygens (including phenoxy) is 1.